The Morgan fingerprint density at radius 2 is 2.38 bits per heavy atom. The van der Waals surface area contributed by atoms with Crippen LogP contribution in [0.4, 0.5) is 0 Å². The molecular weight excluding hydrogens is 182 g/mol. The van der Waals surface area contributed by atoms with E-state index in [2.05, 4.69) is 36.7 Å². The van der Waals surface area contributed by atoms with Crippen LogP contribution in [0.2, 0.25) is 0 Å². The molecular formula is C10H15NOS. The zero-order valence-corrected chi connectivity index (χ0v) is 8.80. The van der Waals surface area contributed by atoms with E-state index in [-0.39, 0.29) is 6.10 Å². The predicted octanol–water partition coefficient (Wildman–Crippen LogP) is 2.19. The molecule has 3 heteroatoms. The summed E-state index contributed by atoms with van der Waals surface area (Å²) in [5.41, 5.74) is 0. The molecule has 0 bridgehead atoms. The maximum Gasteiger partial charge on any atom is 0.107 e. The summed E-state index contributed by atoms with van der Waals surface area (Å²) in [5, 5.41) is 5.55. The molecule has 0 aliphatic carbocycles. The summed E-state index contributed by atoms with van der Waals surface area (Å²) < 4.78 is 5.89. The van der Waals surface area contributed by atoms with E-state index in [9.17, 15) is 0 Å². The summed E-state index contributed by atoms with van der Waals surface area (Å²) in [4.78, 5) is 1.33. The Morgan fingerprint density at radius 3 is 3.08 bits per heavy atom. The molecule has 1 fully saturated rings. The molecule has 2 rings (SSSR count). The van der Waals surface area contributed by atoms with Gasteiger partial charge in [0.1, 0.15) is 6.10 Å². The molecule has 13 heavy (non-hydrogen) atoms. The van der Waals surface area contributed by atoms with Gasteiger partial charge in [0.15, 0.2) is 0 Å². The third kappa shape index (κ3) is 1.93. The van der Waals surface area contributed by atoms with Crippen molar-refractivity contribution in [2.24, 2.45) is 0 Å². The van der Waals surface area contributed by atoms with E-state index < -0.39 is 0 Å². The van der Waals surface area contributed by atoms with E-state index in [0.29, 0.717) is 12.1 Å². The monoisotopic (exact) mass is 197 g/mol. The van der Waals surface area contributed by atoms with Crippen molar-refractivity contribution in [3.05, 3.63) is 22.4 Å². The lowest BCUT2D eigenvalue weighted by molar-refractivity contribution is -0.0501. The molecule has 1 aliphatic heterocycles. The second-order valence-corrected chi connectivity index (χ2v) is 4.56. The minimum Gasteiger partial charge on any atom is -0.367 e. The van der Waals surface area contributed by atoms with Crippen LogP contribution in [-0.2, 0) is 4.74 Å². The van der Waals surface area contributed by atoms with Gasteiger partial charge in [-0.25, -0.2) is 0 Å². The number of hydrogen-bond acceptors (Lipinski definition) is 3. The highest BCUT2D eigenvalue weighted by Gasteiger charge is 2.27. The zero-order chi connectivity index (χ0) is 9.26. The highest BCUT2D eigenvalue weighted by molar-refractivity contribution is 7.10. The van der Waals surface area contributed by atoms with Gasteiger partial charge in [0.05, 0.1) is 6.10 Å². The lowest BCUT2D eigenvalue weighted by atomic mass is 10.1. The summed E-state index contributed by atoms with van der Waals surface area (Å²) >= 11 is 1.77. The van der Waals surface area contributed by atoms with Crippen molar-refractivity contribution in [3.8, 4) is 0 Å². The van der Waals surface area contributed by atoms with Gasteiger partial charge in [0, 0.05) is 17.5 Å². The first kappa shape index (κ1) is 9.19. The van der Waals surface area contributed by atoms with Gasteiger partial charge in [-0.1, -0.05) is 6.07 Å². The van der Waals surface area contributed by atoms with E-state index >= 15 is 0 Å². The van der Waals surface area contributed by atoms with Gasteiger partial charge < -0.3 is 10.1 Å². The Bertz CT molecular complexity index is 260. The summed E-state index contributed by atoms with van der Waals surface area (Å²) in [7, 11) is 0. The second kappa shape index (κ2) is 3.78. The molecule has 2 heterocycles. The number of rotatable bonds is 1. The first-order valence-corrected chi connectivity index (χ1v) is 5.57. The summed E-state index contributed by atoms with van der Waals surface area (Å²) in [6, 6.07) is 4.65. The Kier molecular flexibility index (Phi) is 2.67. The fraction of sp³-hybridized carbons (Fsp3) is 0.600. The molecule has 1 aromatic heterocycles. The Balaban J connectivity index is 2.12. The van der Waals surface area contributed by atoms with Gasteiger partial charge in [-0.2, -0.15) is 0 Å². The molecule has 2 nitrogen and oxygen atoms in total. The van der Waals surface area contributed by atoms with Crippen LogP contribution < -0.4 is 5.32 Å². The summed E-state index contributed by atoms with van der Waals surface area (Å²) in [6.45, 7) is 5.25. The lowest BCUT2D eigenvalue weighted by Crippen LogP contribution is -2.45. The standard InChI is InChI=1S/C10H15NOS/c1-7-6-11-8(2)10(12-7)9-4-3-5-13-9/h3-5,7-8,10-11H,6H2,1-2H3. The average molecular weight is 197 g/mol. The van der Waals surface area contributed by atoms with E-state index in [1.54, 1.807) is 11.3 Å². The van der Waals surface area contributed by atoms with Crippen molar-refractivity contribution in [1.82, 2.24) is 5.32 Å². The molecule has 1 saturated heterocycles. The first-order valence-electron chi connectivity index (χ1n) is 4.69. The Labute approximate surface area is 82.9 Å². The summed E-state index contributed by atoms with van der Waals surface area (Å²) in [6.07, 6.45) is 0.562. The number of ether oxygens (including phenoxy) is 1. The molecule has 0 amide bonds. The molecule has 0 spiro atoms. The van der Waals surface area contributed by atoms with Gasteiger partial charge in [-0.05, 0) is 25.3 Å². The SMILES string of the molecule is CC1CNC(C)C(c2cccs2)O1. The molecule has 72 valence electrons. The average Bonchev–Trinajstić information content (AvgIpc) is 2.61. The van der Waals surface area contributed by atoms with Crippen LogP contribution in [0.1, 0.15) is 24.8 Å². The summed E-state index contributed by atoms with van der Waals surface area (Å²) in [5.74, 6) is 0. The Hall–Kier alpha value is -0.380. The molecule has 0 saturated carbocycles. The van der Waals surface area contributed by atoms with Crippen LogP contribution in [0, 0.1) is 0 Å². The predicted molar refractivity (Wildman–Crippen MR) is 55.1 cm³/mol. The normalized spacial score (nSPS) is 34.8. The van der Waals surface area contributed by atoms with Crippen molar-refractivity contribution in [3.63, 3.8) is 0 Å². The maximum atomic E-state index is 5.89. The fourth-order valence-corrected chi connectivity index (χ4v) is 2.51. The van der Waals surface area contributed by atoms with Crippen molar-refractivity contribution >= 4 is 11.3 Å². The highest BCUT2D eigenvalue weighted by atomic mass is 32.1. The van der Waals surface area contributed by atoms with E-state index in [4.69, 9.17) is 4.74 Å². The van der Waals surface area contributed by atoms with Crippen LogP contribution in [0.5, 0.6) is 0 Å². The third-order valence-electron chi connectivity index (χ3n) is 2.38. The quantitative estimate of drug-likeness (QED) is 0.745. The van der Waals surface area contributed by atoms with Gasteiger partial charge in [-0.3, -0.25) is 0 Å². The van der Waals surface area contributed by atoms with Crippen LogP contribution in [-0.4, -0.2) is 18.7 Å². The van der Waals surface area contributed by atoms with Crippen molar-refractivity contribution in [2.45, 2.75) is 32.1 Å². The maximum absolute atomic E-state index is 5.89. The minimum atomic E-state index is 0.240. The third-order valence-corrected chi connectivity index (χ3v) is 3.32. The second-order valence-electron chi connectivity index (χ2n) is 3.58. The molecule has 1 aliphatic rings. The molecule has 1 N–H and O–H groups in total. The zero-order valence-electron chi connectivity index (χ0n) is 7.99. The number of thiophene rings is 1. The highest BCUT2D eigenvalue weighted by Crippen LogP contribution is 2.28. The van der Waals surface area contributed by atoms with Crippen molar-refractivity contribution in [1.29, 1.82) is 0 Å². The van der Waals surface area contributed by atoms with Crippen molar-refractivity contribution < 1.29 is 4.74 Å². The molecule has 1 aromatic rings. The van der Waals surface area contributed by atoms with Gasteiger partial charge >= 0.3 is 0 Å². The fourth-order valence-electron chi connectivity index (χ4n) is 1.64. The molecule has 3 unspecified atom stereocenters. The van der Waals surface area contributed by atoms with E-state index in [0.717, 1.165) is 6.54 Å². The molecule has 0 aromatic carbocycles. The van der Waals surface area contributed by atoms with Crippen LogP contribution in [0.15, 0.2) is 17.5 Å². The van der Waals surface area contributed by atoms with Crippen LogP contribution >= 0.6 is 11.3 Å². The topological polar surface area (TPSA) is 21.3 Å². The smallest absolute Gasteiger partial charge is 0.107 e. The van der Waals surface area contributed by atoms with Gasteiger partial charge in [0.2, 0.25) is 0 Å². The number of morpholine rings is 1. The lowest BCUT2D eigenvalue weighted by Gasteiger charge is -2.33. The number of nitrogens with one attached hydrogen (secondary N) is 1. The largest absolute Gasteiger partial charge is 0.367 e. The number of hydrogen-bond donors (Lipinski definition) is 1. The Morgan fingerprint density at radius 1 is 1.54 bits per heavy atom. The van der Waals surface area contributed by atoms with Crippen molar-refractivity contribution in [2.75, 3.05) is 6.54 Å². The van der Waals surface area contributed by atoms with E-state index in [1.165, 1.54) is 4.88 Å². The van der Waals surface area contributed by atoms with Crippen LogP contribution in [0.25, 0.3) is 0 Å². The van der Waals surface area contributed by atoms with Gasteiger partial charge in [-0.15, -0.1) is 11.3 Å². The van der Waals surface area contributed by atoms with Gasteiger partial charge in [0.25, 0.3) is 0 Å². The molecule has 0 radical (unpaired) electrons. The van der Waals surface area contributed by atoms with E-state index in [1.807, 2.05) is 0 Å². The molecule has 3 atom stereocenters. The first-order chi connectivity index (χ1) is 6.27. The minimum absolute atomic E-state index is 0.240. The van der Waals surface area contributed by atoms with Crippen LogP contribution in [0.3, 0.4) is 0 Å².